The Morgan fingerprint density at radius 2 is 1.94 bits per heavy atom. The van der Waals surface area contributed by atoms with E-state index in [1.807, 2.05) is 4.68 Å². The topological polar surface area (TPSA) is 29.9 Å². The van der Waals surface area contributed by atoms with Crippen LogP contribution in [0.25, 0.3) is 0 Å². The maximum absolute atomic E-state index is 4.76. The summed E-state index contributed by atoms with van der Waals surface area (Å²) < 4.78 is 2.03. The van der Waals surface area contributed by atoms with Gasteiger partial charge >= 0.3 is 0 Å². The van der Waals surface area contributed by atoms with Gasteiger partial charge in [-0.15, -0.1) is 0 Å². The molecule has 0 radical (unpaired) electrons. The largest absolute Gasteiger partial charge is 0.316 e. The van der Waals surface area contributed by atoms with E-state index in [4.69, 9.17) is 5.10 Å². The van der Waals surface area contributed by atoms with Crippen molar-refractivity contribution in [2.75, 3.05) is 13.1 Å². The van der Waals surface area contributed by atoms with Crippen molar-refractivity contribution in [3.63, 3.8) is 0 Å². The van der Waals surface area contributed by atoms with Gasteiger partial charge in [-0.05, 0) is 43.7 Å². The molecule has 1 saturated carbocycles. The first-order valence-electron chi connectivity index (χ1n) is 7.09. The molecule has 3 heteroatoms. The van der Waals surface area contributed by atoms with Gasteiger partial charge in [-0.2, -0.15) is 5.10 Å². The van der Waals surface area contributed by atoms with Crippen LogP contribution in [-0.2, 0) is 7.05 Å². The van der Waals surface area contributed by atoms with Crippen LogP contribution in [0.15, 0.2) is 6.20 Å². The highest BCUT2D eigenvalue weighted by Gasteiger charge is 2.27. The lowest BCUT2D eigenvalue weighted by molar-refractivity contribution is 0.447. The molecule has 0 spiro atoms. The smallest absolute Gasteiger partial charge is 0.0702 e. The quantitative estimate of drug-likeness (QED) is 0.850. The van der Waals surface area contributed by atoms with Gasteiger partial charge in [0.05, 0.1) is 5.69 Å². The average molecular weight is 233 g/mol. The molecule has 2 aliphatic rings. The first-order chi connectivity index (χ1) is 8.34. The Balaban J connectivity index is 1.86. The maximum Gasteiger partial charge on any atom is 0.0702 e. The number of hydrogen-bond donors (Lipinski definition) is 1. The number of rotatable bonds is 2. The predicted octanol–water partition coefficient (Wildman–Crippen LogP) is 2.54. The van der Waals surface area contributed by atoms with Crippen molar-refractivity contribution in [2.24, 2.45) is 7.05 Å². The number of nitrogens with zero attached hydrogens (tertiary/aromatic N) is 2. The summed E-state index contributed by atoms with van der Waals surface area (Å²) in [6, 6.07) is 0. The van der Waals surface area contributed by atoms with E-state index in [1.165, 1.54) is 50.8 Å². The lowest BCUT2D eigenvalue weighted by Crippen LogP contribution is -2.29. The van der Waals surface area contributed by atoms with Gasteiger partial charge in [-0.25, -0.2) is 0 Å². The Morgan fingerprint density at radius 1 is 1.18 bits per heavy atom. The van der Waals surface area contributed by atoms with Crippen molar-refractivity contribution >= 4 is 0 Å². The molecule has 0 bridgehead atoms. The van der Waals surface area contributed by atoms with E-state index in [0.717, 1.165) is 12.5 Å². The fourth-order valence-electron chi connectivity index (χ4n) is 3.48. The van der Waals surface area contributed by atoms with Gasteiger partial charge in [0.25, 0.3) is 0 Å². The van der Waals surface area contributed by atoms with Crippen LogP contribution in [0.4, 0.5) is 0 Å². The number of piperidine rings is 1. The molecular weight excluding hydrogens is 210 g/mol. The molecule has 2 heterocycles. The number of aryl methyl sites for hydroxylation is 1. The third-order valence-corrected chi connectivity index (χ3v) is 4.37. The molecule has 1 aromatic rings. The molecule has 3 rings (SSSR count). The van der Waals surface area contributed by atoms with Gasteiger partial charge in [0.2, 0.25) is 0 Å². The van der Waals surface area contributed by atoms with E-state index >= 15 is 0 Å². The van der Waals surface area contributed by atoms with Crippen LogP contribution < -0.4 is 5.32 Å². The summed E-state index contributed by atoms with van der Waals surface area (Å²) in [5.41, 5.74) is 2.95. The van der Waals surface area contributed by atoms with Crippen LogP contribution in [-0.4, -0.2) is 22.9 Å². The van der Waals surface area contributed by atoms with E-state index in [-0.39, 0.29) is 0 Å². The Labute approximate surface area is 104 Å². The standard InChI is InChI=1S/C14H23N3/c1-17-10-13(11-5-2-3-6-11)14(16-17)12-7-4-8-15-9-12/h10-12,15H,2-9H2,1H3. The molecule has 17 heavy (non-hydrogen) atoms. The first kappa shape index (κ1) is 11.3. The van der Waals surface area contributed by atoms with E-state index in [2.05, 4.69) is 18.6 Å². The molecule has 94 valence electrons. The van der Waals surface area contributed by atoms with Crippen LogP contribution >= 0.6 is 0 Å². The third-order valence-electron chi connectivity index (χ3n) is 4.37. The van der Waals surface area contributed by atoms with E-state index in [9.17, 15) is 0 Å². The van der Waals surface area contributed by atoms with Crippen LogP contribution in [0.1, 0.15) is 61.6 Å². The van der Waals surface area contributed by atoms with Crippen molar-refractivity contribution in [3.8, 4) is 0 Å². The lowest BCUT2D eigenvalue weighted by Gasteiger charge is -2.23. The first-order valence-corrected chi connectivity index (χ1v) is 7.09. The summed E-state index contributed by atoms with van der Waals surface area (Å²) >= 11 is 0. The minimum Gasteiger partial charge on any atom is -0.316 e. The van der Waals surface area contributed by atoms with Gasteiger partial charge in [-0.3, -0.25) is 4.68 Å². The Kier molecular flexibility index (Phi) is 3.19. The average Bonchev–Trinajstić information content (AvgIpc) is 2.98. The van der Waals surface area contributed by atoms with Gasteiger partial charge in [0.15, 0.2) is 0 Å². The second kappa shape index (κ2) is 4.81. The normalized spacial score (nSPS) is 26.5. The predicted molar refractivity (Wildman–Crippen MR) is 69.3 cm³/mol. The minimum atomic E-state index is 0.653. The van der Waals surface area contributed by atoms with Crippen LogP contribution in [0.5, 0.6) is 0 Å². The molecular formula is C14H23N3. The SMILES string of the molecule is Cn1cc(C2CCCC2)c(C2CCCNC2)n1. The minimum absolute atomic E-state index is 0.653. The zero-order valence-corrected chi connectivity index (χ0v) is 10.8. The Bertz CT molecular complexity index is 371. The number of aromatic nitrogens is 2. The van der Waals surface area contributed by atoms with Crippen LogP contribution in [0.2, 0.25) is 0 Å². The molecule has 0 amide bonds. The highest BCUT2D eigenvalue weighted by Crippen LogP contribution is 2.38. The zero-order valence-electron chi connectivity index (χ0n) is 10.8. The summed E-state index contributed by atoms with van der Waals surface area (Å²) in [7, 11) is 2.07. The Hall–Kier alpha value is -0.830. The summed E-state index contributed by atoms with van der Waals surface area (Å²) in [4.78, 5) is 0. The van der Waals surface area contributed by atoms with Crippen LogP contribution in [0, 0.1) is 0 Å². The molecule has 1 aliphatic heterocycles. The fourth-order valence-corrected chi connectivity index (χ4v) is 3.48. The van der Waals surface area contributed by atoms with Crippen molar-refractivity contribution in [2.45, 2.75) is 50.4 Å². The van der Waals surface area contributed by atoms with Crippen molar-refractivity contribution < 1.29 is 0 Å². The van der Waals surface area contributed by atoms with Crippen molar-refractivity contribution in [1.82, 2.24) is 15.1 Å². The number of nitrogens with one attached hydrogen (secondary N) is 1. The zero-order chi connectivity index (χ0) is 11.7. The monoisotopic (exact) mass is 233 g/mol. The molecule has 3 nitrogen and oxygen atoms in total. The van der Waals surface area contributed by atoms with Crippen molar-refractivity contribution in [3.05, 3.63) is 17.5 Å². The molecule has 0 aromatic carbocycles. The van der Waals surface area contributed by atoms with Gasteiger partial charge in [0.1, 0.15) is 0 Å². The molecule has 2 fully saturated rings. The van der Waals surface area contributed by atoms with Gasteiger partial charge in [-0.1, -0.05) is 12.8 Å². The van der Waals surface area contributed by atoms with Crippen molar-refractivity contribution in [1.29, 1.82) is 0 Å². The second-order valence-electron chi connectivity index (χ2n) is 5.67. The summed E-state index contributed by atoms with van der Waals surface area (Å²) in [5, 5.41) is 8.27. The fraction of sp³-hybridized carbons (Fsp3) is 0.786. The summed E-state index contributed by atoms with van der Waals surface area (Å²) in [6.07, 6.45) is 10.4. The molecule has 1 unspecified atom stereocenters. The second-order valence-corrected chi connectivity index (χ2v) is 5.67. The molecule has 1 N–H and O–H groups in total. The molecule has 1 aromatic heterocycles. The molecule has 1 saturated heterocycles. The lowest BCUT2D eigenvalue weighted by atomic mass is 9.88. The highest BCUT2D eigenvalue weighted by molar-refractivity contribution is 5.27. The van der Waals surface area contributed by atoms with Gasteiger partial charge < -0.3 is 5.32 Å². The van der Waals surface area contributed by atoms with E-state index < -0.39 is 0 Å². The van der Waals surface area contributed by atoms with E-state index in [0.29, 0.717) is 5.92 Å². The maximum atomic E-state index is 4.76. The number of hydrogen-bond acceptors (Lipinski definition) is 2. The van der Waals surface area contributed by atoms with E-state index in [1.54, 1.807) is 5.56 Å². The third kappa shape index (κ3) is 2.25. The van der Waals surface area contributed by atoms with Gasteiger partial charge in [0, 0.05) is 25.7 Å². The summed E-state index contributed by atoms with van der Waals surface area (Å²) in [5.74, 6) is 1.45. The van der Waals surface area contributed by atoms with Crippen LogP contribution in [0.3, 0.4) is 0 Å². The molecule has 1 aliphatic carbocycles. The summed E-state index contributed by atoms with van der Waals surface area (Å²) in [6.45, 7) is 2.30. The highest BCUT2D eigenvalue weighted by atomic mass is 15.3. The Morgan fingerprint density at radius 3 is 2.65 bits per heavy atom. The molecule has 1 atom stereocenters.